The molecule has 3 aliphatic carbocycles. The average molecular weight is 433 g/mol. The first kappa shape index (κ1) is 19.6. The van der Waals surface area contributed by atoms with Gasteiger partial charge in [0.15, 0.2) is 0 Å². The molecule has 30 heavy (non-hydrogen) atoms. The first-order chi connectivity index (χ1) is 14.4. The smallest absolute Gasteiger partial charge is 0.246 e. The van der Waals surface area contributed by atoms with E-state index in [1.54, 1.807) is 30.5 Å². The van der Waals surface area contributed by atoms with Crippen LogP contribution in [-0.4, -0.2) is 17.1 Å². The van der Waals surface area contributed by atoms with Crippen molar-refractivity contribution in [2.24, 2.45) is 22.4 Å². The third-order valence-electron chi connectivity index (χ3n) is 6.85. The lowest BCUT2D eigenvalue weighted by Gasteiger charge is -2.41. The Morgan fingerprint density at radius 3 is 2.57 bits per heavy atom. The van der Waals surface area contributed by atoms with Gasteiger partial charge in [-0.1, -0.05) is 23.7 Å². The van der Waals surface area contributed by atoms with Gasteiger partial charge >= 0.3 is 0 Å². The number of fused-ring (bicyclic) bond motifs is 1. The van der Waals surface area contributed by atoms with Crippen molar-refractivity contribution in [1.82, 2.24) is 5.01 Å². The Hall–Kier alpha value is -2.34. The molecule has 7 heteroatoms. The number of amides is 1. The van der Waals surface area contributed by atoms with Gasteiger partial charge in [-0.05, 0) is 60.6 Å². The Balaban J connectivity index is 1.34. The molecule has 3 atom stereocenters. The van der Waals surface area contributed by atoms with Gasteiger partial charge in [0.1, 0.15) is 17.8 Å². The number of benzene rings is 2. The molecule has 6 rings (SSSR count). The zero-order chi connectivity index (χ0) is 21.0. The van der Waals surface area contributed by atoms with Gasteiger partial charge < -0.3 is 0 Å². The molecular weight excluding hydrogens is 413 g/mol. The highest BCUT2D eigenvalue weighted by molar-refractivity contribution is 6.30. The summed E-state index contributed by atoms with van der Waals surface area (Å²) in [5, 5.41) is 6.01. The fourth-order valence-corrected chi connectivity index (χ4v) is 5.70. The highest BCUT2D eigenvalue weighted by Crippen LogP contribution is 2.68. The Morgan fingerprint density at radius 1 is 1.13 bits per heavy atom. The molecule has 0 aromatic heterocycles. The lowest BCUT2D eigenvalue weighted by molar-refractivity contribution is -0.138. The van der Waals surface area contributed by atoms with Crippen LogP contribution in [0.5, 0.6) is 0 Å². The summed E-state index contributed by atoms with van der Waals surface area (Å²) in [7, 11) is 0. The standard InChI is InChI=1S/C23H20ClF3N2O/c24-16-3-1-2-13(6-16)21(27)23-10-15(11-23)19(12-23)22(30)29-20(4-5-28-29)14-7-17(25)9-18(26)8-14/h1-3,5-9,15,19-21H,4,10-12H2/t15?,19-,20?,21?,23?/m0/s1. The molecular formula is C23H20ClF3N2O. The minimum absolute atomic E-state index is 0.107. The van der Waals surface area contributed by atoms with Gasteiger partial charge in [0.25, 0.3) is 0 Å². The molecule has 0 radical (unpaired) electrons. The summed E-state index contributed by atoms with van der Waals surface area (Å²) in [5.74, 6) is -1.79. The van der Waals surface area contributed by atoms with Crippen molar-refractivity contribution < 1.29 is 18.0 Å². The van der Waals surface area contributed by atoms with Crippen molar-refractivity contribution in [2.45, 2.75) is 37.9 Å². The Kier molecular flexibility index (Phi) is 4.65. The maximum atomic E-state index is 15.4. The monoisotopic (exact) mass is 432 g/mol. The first-order valence-electron chi connectivity index (χ1n) is 10.1. The molecule has 156 valence electrons. The number of nitrogens with zero attached hydrogens (tertiary/aromatic N) is 2. The Bertz CT molecular complexity index is 1020. The van der Waals surface area contributed by atoms with E-state index in [0.717, 1.165) is 6.07 Å². The van der Waals surface area contributed by atoms with E-state index < -0.39 is 29.3 Å². The van der Waals surface area contributed by atoms with Crippen LogP contribution in [0.2, 0.25) is 5.02 Å². The largest absolute Gasteiger partial charge is 0.273 e. The van der Waals surface area contributed by atoms with Gasteiger partial charge in [-0.2, -0.15) is 5.10 Å². The number of rotatable bonds is 4. The summed E-state index contributed by atoms with van der Waals surface area (Å²) in [6.45, 7) is 0. The summed E-state index contributed by atoms with van der Waals surface area (Å²) in [6.07, 6.45) is 2.54. The summed E-state index contributed by atoms with van der Waals surface area (Å²) < 4.78 is 42.7. The van der Waals surface area contributed by atoms with Crippen molar-refractivity contribution in [3.05, 3.63) is 70.2 Å². The predicted octanol–water partition coefficient (Wildman–Crippen LogP) is 6.00. The van der Waals surface area contributed by atoms with Crippen molar-refractivity contribution in [3.8, 4) is 0 Å². The van der Waals surface area contributed by atoms with Crippen LogP contribution in [0, 0.1) is 28.9 Å². The van der Waals surface area contributed by atoms with Crippen LogP contribution >= 0.6 is 11.6 Å². The molecule has 4 aliphatic rings. The van der Waals surface area contributed by atoms with E-state index in [9.17, 15) is 13.6 Å². The average Bonchev–Trinajstić information content (AvgIpc) is 3.39. The molecule has 0 N–H and O–H groups in total. The summed E-state index contributed by atoms with van der Waals surface area (Å²) >= 11 is 6.02. The zero-order valence-electron chi connectivity index (χ0n) is 16.1. The van der Waals surface area contributed by atoms with Gasteiger partial charge in [-0.15, -0.1) is 0 Å². The third kappa shape index (κ3) is 3.13. The molecule has 1 aliphatic heterocycles. The second kappa shape index (κ2) is 7.12. The molecule has 3 nitrogen and oxygen atoms in total. The number of hydrogen-bond acceptors (Lipinski definition) is 2. The van der Waals surface area contributed by atoms with E-state index in [1.807, 2.05) is 0 Å². The second-order valence-corrected chi connectivity index (χ2v) is 9.13. The van der Waals surface area contributed by atoms with Gasteiger partial charge in [0.2, 0.25) is 5.91 Å². The maximum Gasteiger partial charge on any atom is 0.246 e. The lowest BCUT2D eigenvalue weighted by atomic mass is 9.65. The molecule has 3 saturated carbocycles. The maximum absolute atomic E-state index is 15.4. The fourth-order valence-electron chi connectivity index (χ4n) is 5.50. The highest BCUT2D eigenvalue weighted by Gasteiger charge is 2.63. The number of alkyl halides is 1. The van der Waals surface area contributed by atoms with E-state index in [1.165, 1.54) is 17.1 Å². The van der Waals surface area contributed by atoms with Crippen LogP contribution in [0.1, 0.15) is 49.0 Å². The highest BCUT2D eigenvalue weighted by atomic mass is 35.5. The van der Waals surface area contributed by atoms with Crippen molar-refractivity contribution in [3.63, 3.8) is 0 Å². The van der Waals surface area contributed by atoms with Crippen LogP contribution < -0.4 is 0 Å². The summed E-state index contributed by atoms with van der Waals surface area (Å²) in [4.78, 5) is 13.3. The van der Waals surface area contributed by atoms with Gasteiger partial charge in [0.05, 0.1) is 6.04 Å². The van der Waals surface area contributed by atoms with Crippen molar-refractivity contribution in [2.75, 3.05) is 0 Å². The number of hydrazone groups is 1. The van der Waals surface area contributed by atoms with E-state index >= 15 is 4.39 Å². The van der Waals surface area contributed by atoms with E-state index in [2.05, 4.69) is 5.10 Å². The minimum atomic E-state index is -1.18. The minimum Gasteiger partial charge on any atom is -0.273 e. The van der Waals surface area contributed by atoms with Crippen LogP contribution in [0.4, 0.5) is 13.2 Å². The van der Waals surface area contributed by atoms with Crippen LogP contribution in [0.15, 0.2) is 47.6 Å². The zero-order valence-corrected chi connectivity index (χ0v) is 16.8. The molecule has 1 amide bonds. The van der Waals surface area contributed by atoms with Crippen LogP contribution in [-0.2, 0) is 4.79 Å². The Labute approximate surface area is 177 Å². The second-order valence-electron chi connectivity index (χ2n) is 8.69. The molecule has 0 spiro atoms. The van der Waals surface area contributed by atoms with E-state index in [-0.39, 0.29) is 17.7 Å². The number of halogens is 4. The van der Waals surface area contributed by atoms with Crippen LogP contribution in [0.25, 0.3) is 0 Å². The van der Waals surface area contributed by atoms with Crippen molar-refractivity contribution >= 4 is 23.7 Å². The molecule has 2 bridgehead atoms. The van der Waals surface area contributed by atoms with Gasteiger partial charge in [-0.3, -0.25) is 4.79 Å². The molecule has 2 aromatic carbocycles. The predicted molar refractivity (Wildman–Crippen MR) is 108 cm³/mol. The number of carbonyl (C=O) groups excluding carboxylic acids is 1. The third-order valence-corrected chi connectivity index (χ3v) is 7.09. The first-order valence-corrected chi connectivity index (χ1v) is 10.5. The van der Waals surface area contributed by atoms with Gasteiger partial charge in [0, 0.05) is 35.1 Å². The summed E-state index contributed by atoms with van der Waals surface area (Å²) in [6, 6.07) is 9.54. The SMILES string of the molecule is O=C([C@H]1CC2(C(F)c3cccc(Cl)c3)CC1C2)N1N=CCC1c1cc(F)cc(F)c1. The molecule has 0 saturated heterocycles. The number of hydrogen-bond donors (Lipinski definition) is 0. The number of carbonyl (C=O) groups is 1. The Morgan fingerprint density at radius 2 is 1.87 bits per heavy atom. The van der Waals surface area contributed by atoms with E-state index in [4.69, 9.17) is 11.6 Å². The summed E-state index contributed by atoms with van der Waals surface area (Å²) in [5.41, 5.74) is 0.363. The van der Waals surface area contributed by atoms with Crippen LogP contribution in [0.3, 0.4) is 0 Å². The van der Waals surface area contributed by atoms with Gasteiger partial charge in [-0.25, -0.2) is 18.2 Å². The quantitative estimate of drug-likeness (QED) is 0.582. The van der Waals surface area contributed by atoms with Crippen molar-refractivity contribution in [1.29, 1.82) is 0 Å². The fraction of sp³-hybridized carbons (Fsp3) is 0.391. The molecule has 2 unspecified atom stereocenters. The topological polar surface area (TPSA) is 32.7 Å². The normalized spacial score (nSPS) is 30.4. The van der Waals surface area contributed by atoms with E-state index in [0.29, 0.717) is 41.8 Å². The molecule has 3 fully saturated rings. The molecule has 2 aromatic rings. The lowest BCUT2D eigenvalue weighted by Crippen LogP contribution is -2.35. The molecule has 1 heterocycles.